The Morgan fingerprint density at radius 2 is 2.47 bits per heavy atom. The first-order valence-corrected chi connectivity index (χ1v) is 5.77. The van der Waals surface area contributed by atoms with E-state index in [1.54, 1.807) is 12.5 Å². The summed E-state index contributed by atoms with van der Waals surface area (Å²) in [7, 11) is 0. The molecule has 80 valence electrons. The standard InChI is InChI=1S/C10H12IN3O/c1-7(5-8-3-2-4-15-8)14-10(12)9(11)6-13-14/h2-4,6-7H,5,12H2,1H3. The molecule has 0 aliphatic heterocycles. The van der Waals surface area contributed by atoms with E-state index in [4.69, 9.17) is 10.2 Å². The number of hydrogen-bond acceptors (Lipinski definition) is 3. The summed E-state index contributed by atoms with van der Waals surface area (Å²) < 4.78 is 8.10. The summed E-state index contributed by atoms with van der Waals surface area (Å²) in [6.45, 7) is 2.07. The maximum absolute atomic E-state index is 5.89. The molecule has 4 nitrogen and oxygen atoms in total. The van der Waals surface area contributed by atoms with E-state index in [0.717, 1.165) is 21.6 Å². The van der Waals surface area contributed by atoms with Gasteiger partial charge in [-0.1, -0.05) is 0 Å². The number of aromatic nitrogens is 2. The van der Waals surface area contributed by atoms with Gasteiger partial charge in [0.25, 0.3) is 0 Å². The third-order valence-corrected chi connectivity index (χ3v) is 3.11. The maximum Gasteiger partial charge on any atom is 0.135 e. The first-order valence-electron chi connectivity index (χ1n) is 4.69. The Morgan fingerprint density at radius 3 is 3.00 bits per heavy atom. The van der Waals surface area contributed by atoms with Gasteiger partial charge < -0.3 is 10.2 Å². The monoisotopic (exact) mass is 317 g/mol. The summed E-state index contributed by atoms with van der Waals surface area (Å²) in [4.78, 5) is 0. The van der Waals surface area contributed by atoms with Crippen LogP contribution in [0.1, 0.15) is 18.7 Å². The normalized spacial score (nSPS) is 12.9. The molecule has 2 rings (SSSR count). The molecule has 0 radical (unpaired) electrons. The summed E-state index contributed by atoms with van der Waals surface area (Å²) in [5.74, 6) is 1.67. The van der Waals surface area contributed by atoms with Crippen LogP contribution in [-0.4, -0.2) is 9.78 Å². The molecule has 0 saturated carbocycles. The summed E-state index contributed by atoms with van der Waals surface area (Å²) in [5.41, 5.74) is 5.89. The molecule has 2 aromatic heterocycles. The number of nitrogens with zero attached hydrogens (tertiary/aromatic N) is 2. The summed E-state index contributed by atoms with van der Waals surface area (Å²) in [6.07, 6.45) is 4.25. The summed E-state index contributed by atoms with van der Waals surface area (Å²) >= 11 is 2.18. The lowest BCUT2D eigenvalue weighted by Gasteiger charge is -2.12. The Balaban J connectivity index is 2.14. The van der Waals surface area contributed by atoms with Gasteiger partial charge in [0.2, 0.25) is 0 Å². The highest BCUT2D eigenvalue weighted by Gasteiger charge is 2.13. The van der Waals surface area contributed by atoms with E-state index in [1.807, 2.05) is 16.8 Å². The quantitative estimate of drug-likeness (QED) is 0.885. The fraction of sp³-hybridized carbons (Fsp3) is 0.300. The van der Waals surface area contributed by atoms with Gasteiger partial charge in [0.1, 0.15) is 11.6 Å². The fourth-order valence-corrected chi connectivity index (χ4v) is 1.88. The topological polar surface area (TPSA) is 57.0 Å². The van der Waals surface area contributed by atoms with E-state index in [0.29, 0.717) is 0 Å². The van der Waals surface area contributed by atoms with Crippen LogP contribution in [0.25, 0.3) is 0 Å². The van der Waals surface area contributed by atoms with Gasteiger partial charge in [-0.25, -0.2) is 4.68 Å². The lowest BCUT2D eigenvalue weighted by molar-refractivity contribution is 0.429. The van der Waals surface area contributed by atoms with Crippen molar-refractivity contribution in [1.29, 1.82) is 0 Å². The minimum atomic E-state index is 0.208. The largest absolute Gasteiger partial charge is 0.469 e. The third kappa shape index (κ3) is 2.17. The van der Waals surface area contributed by atoms with Crippen molar-refractivity contribution in [2.45, 2.75) is 19.4 Å². The number of rotatable bonds is 3. The van der Waals surface area contributed by atoms with Crippen LogP contribution in [0.2, 0.25) is 0 Å². The highest BCUT2D eigenvalue weighted by atomic mass is 127. The molecule has 1 atom stereocenters. The Kier molecular flexibility index (Phi) is 2.99. The second kappa shape index (κ2) is 4.26. The molecular weight excluding hydrogens is 305 g/mol. The Bertz CT molecular complexity index is 435. The van der Waals surface area contributed by atoms with Gasteiger partial charge in [-0.2, -0.15) is 5.10 Å². The van der Waals surface area contributed by atoms with Gasteiger partial charge in [-0.3, -0.25) is 0 Å². The van der Waals surface area contributed by atoms with Crippen molar-refractivity contribution in [3.8, 4) is 0 Å². The van der Waals surface area contributed by atoms with Crippen LogP contribution in [-0.2, 0) is 6.42 Å². The smallest absolute Gasteiger partial charge is 0.135 e. The molecule has 0 amide bonds. The lowest BCUT2D eigenvalue weighted by Crippen LogP contribution is -2.12. The molecule has 2 aromatic rings. The SMILES string of the molecule is CC(Cc1ccco1)n1ncc(I)c1N. The zero-order valence-corrected chi connectivity index (χ0v) is 10.5. The van der Waals surface area contributed by atoms with Crippen LogP contribution in [0, 0.1) is 3.57 Å². The number of nitrogen functional groups attached to an aromatic ring is 1. The minimum Gasteiger partial charge on any atom is -0.469 e. The molecule has 0 bridgehead atoms. The Labute approximate surface area is 102 Å². The van der Waals surface area contributed by atoms with Crippen molar-refractivity contribution < 1.29 is 4.42 Å². The lowest BCUT2D eigenvalue weighted by atomic mass is 10.2. The van der Waals surface area contributed by atoms with Crippen LogP contribution in [0.5, 0.6) is 0 Å². The molecule has 2 heterocycles. The predicted octanol–water partition coefficient (Wildman–Crippen LogP) is 2.47. The second-order valence-electron chi connectivity index (χ2n) is 3.45. The van der Waals surface area contributed by atoms with Crippen LogP contribution in [0.3, 0.4) is 0 Å². The highest BCUT2D eigenvalue weighted by molar-refractivity contribution is 14.1. The average Bonchev–Trinajstić information content (AvgIpc) is 2.79. The van der Waals surface area contributed by atoms with Crippen molar-refractivity contribution in [3.63, 3.8) is 0 Å². The minimum absolute atomic E-state index is 0.208. The molecule has 2 N–H and O–H groups in total. The van der Waals surface area contributed by atoms with E-state index in [9.17, 15) is 0 Å². The molecule has 0 aromatic carbocycles. The van der Waals surface area contributed by atoms with Crippen LogP contribution in [0.15, 0.2) is 29.0 Å². The van der Waals surface area contributed by atoms with Gasteiger partial charge in [-0.05, 0) is 41.6 Å². The average molecular weight is 317 g/mol. The van der Waals surface area contributed by atoms with E-state index in [2.05, 4.69) is 34.6 Å². The predicted molar refractivity (Wildman–Crippen MR) is 66.5 cm³/mol. The number of furan rings is 1. The van der Waals surface area contributed by atoms with E-state index in [-0.39, 0.29) is 6.04 Å². The van der Waals surface area contributed by atoms with Crippen LogP contribution < -0.4 is 5.73 Å². The molecule has 0 spiro atoms. The third-order valence-electron chi connectivity index (χ3n) is 2.28. The van der Waals surface area contributed by atoms with E-state index < -0.39 is 0 Å². The highest BCUT2D eigenvalue weighted by Crippen LogP contribution is 2.20. The number of nitrogens with two attached hydrogens (primary N) is 1. The molecule has 0 fully saturated rings. The van der Waals surface area contributed by atoms with Crippen molar-refractivity contribution in [2.75, 3.05) is 5.73 Å². The van der Waals surface area contributed by atoms with Crippen molar-refractivity contribution in [2.24, 2.45) is 0 Å². The molecule has 0 aliphatic rings. The zero-order chi connectivity index (χ0) is 10.8. The number of hydrogen-bond donors (Lipinski definition) is 1. The summed E-state index contributed by atoms with van der Waals surface area (Å²) in [6, 6.07) is 4.05. The van der Waals surface area contributed by atoms with Crippen LogP contribution in [0.4, 0.5) is 5.82 Å². The Hall–Kier alpha value is -0.980. The first kappa shape index (κ1) is 10.5. The Morgan fingerprint density at radius 1 is 1.67 bits per heavy atom. The maximum atomic E-state index is 5.89. The fourth-order valence-electron chi connectivity index (χ4n) is 1.51. The number of halogens is 1. The zero-order valence-electron chi connectivity index (χ0n) is 8.35. The van der Waals surface area contributed by atoms with Crippen LogP contribution >= 0.6 is 22.6 Å². The second-order valence-corrected chi connectivity index (χ2v) is 4.62. The molecule has 0 aliphatic carbocycles. The van der Waals surface area contributed by atoms with Crippen molar-refractivity contribution in [1.82, 2.24) is 9.78 Å². The van der Waals surface area contributed by atoms with Crippen molar-refractivity contribution in [3.05, 3.63) is 33.9 Å². The van der Waals surface area contributed by atoms with Gasteiger partial charge in [-0.15, -0.1) is 0 Å². The van der Waals surface area contributed by atoms with Gasteiger partial charge in [0.15, 0.2) is 0 Å². The van der Waals surface area contributed by atoms with Gasteiger partial charge in [0, 0.05) is 6.42 Å². The molecule has 1 unspecified atom stereocenters. The molecule has 0 saturated heterocycles. The summed E-state index contributed by atoms with van der Waals surface area (Å²) in [5, 5.41) is 4.24. The van der Waals surface area contributed by atoms with E-state index >= 15 is 0 Å². The first-order chi connectivity index (χ1) is 7.18. The molecular formula is C10H12IN3O. The van der Waals surface area contributed by atoms with Gasteiger partial charge >= 0.3 is 0 Å². The van der Waals surface area contributed by atoms with E-state index in [1.165, 1.54) is 0 Å². The van der Waals surface area contributed by atoms with Crippen molar-refractivity contribution >= 4 is 28.4 Å². The molecule has 15 heavy (non-hydrogen) atoms. The van der Waals surface area contributed by atoms with Gasteiger partial charge in [0.05, 0.1) is 22.1 Å². The number of anilines is 1. The molecule has 5 heteroatoms.